The number of aliphatic hydroxyl groups is 1. The number of carbonyl (C=O) groups excluding carboxylic acids is 2. The summed E-state index contributed by atoms with van der Waals surface area (Å²) in [5.74, 6) is -0.414. The number of piperidine rings is 1. The van der Waals surface area contributed by atoms with Crippen LogP contribution < -0.4 is 10.6 Å². The summed E-state index contributed by atoms with van der Waals surface area (Å²) < 4.78 is 5.39. The van der Waals surface area contributed by atoms with Gasteiger partial charge < -0.3 is 15.6 Å². The van der Waals surface area contributed by atoms with Crippen molar-refractivity contribution in [3.63, 3.8) is 0 Å². The summed E-state index contributed by atoms with van der Waals surface area (Å²) >= 11 is 0. The van der Waals surface area contributed by atoms with Crippen molar-refractivity contribution in [3.8, 4) is 0 Å². The van der Waals surface area contributed by atoms with Crippen LogP contribution in [0.2, 0.25) is 0 Å². The molecule has 0 bridgehead atoms. The maximum Gasteiger partial charge on any atom is 0.414 e. The van der Waals surface area contributed by atoms with Crippen molar-refractivity contribution in [2.45, 2.75) is 37.6 Å². The zero-order chi connectivity index (χ0) is 24.4. The molecular weight excluding hydrogens is 442 g/mol. The van der Waals surface area contributed by atoms with Crippen molar-refractivity contribution in [1.82, 2.24) is 4.90 Å². The number of likely N-dealkylation sites (tertiary alicyclic amines) is 1. The predicted octanol–water partition coefficient (Wildman–Crippen LogP) is 3.92. The summed E-state index contributed by atoms with van der Waals surface area (Å²) in [5.41, 5.74) is 10.1. The number of amides is 2. The molecule has 2 aliphatic rings. The van der Waals surface area contributed by atoms with Crippen molar-refractivity contribution >= 4 is 17.7 Å². The van der Waals surface area contributed by atoms with E-state index in [1.807, 2.05) is 78.9 Å². The van der Waals surface area contributed by atoms with E-state index < -0.39 is 18.1 Å². The van der Waals surface area contributed by atoms with E-state index >= 15 is 0 Å². The molecule has 1 saturated heterocycles. The lowest BCUT2D eigenvalue weighted by Gasteiger charge is -2.42. The van der Waals surface area contributed by atoms with Gasteiger partial charge in [0.2, 0.25) is 5.91 Å². The van der Waals surface area contributed by atoms with E-state index in [1.54, 1.807) is 4.90 Å². The molecule has 1 fully saturated rings. The molecule has 0 spiro atoms. The minimum absolute atomic E-state index is 0.00266. The van der Waals surface area contributed by atoms with Gasteiger partial charge in [0.1, 0.15) is 18.8 Å². The maximum absolute atomic E-state index is 12.6. The molecular formula is C28H29N3O4. The zero-order valence-electron chi connectivity index (χ0n) is 19.4. The fourth-order valence-electron chi connectivity index (χ4n) is 5.17. The first kappa shape index (κ1) is 23.1. The van der Waals surface area contributed by atoms with Gasteiger partial charge >= 0.3 is 6.09 Å². The fraction of sp³-hybridized carbons (Fsp3) is 0.286. The maximum atomic E-state index is 12.6. The molecule has 35 heavy (non-hydrogen) atoms. The van der Waals surface area contributed by atoms with E-state index in [1.165, 1.54) is 0 Å². The van der Waals surface area contributed by atoms with Crippen LogP contribution in [0.25, 0.3) is 0 Å². The van der Waals surface area contributed by atoms with Crippen molar-refractivity contribution < 1.29 is 19.4 Å². The van der Waals surface area contributed by atoms with Crippen LogP contribution in [0.15, 0.2) is 78.9 Å². The molecule has 3 aromatic carbocycles. The normalized spacial score (nSPS) is 18.4. The summed E-state index contributed by atoms with van der Waals surface area (Å²) in [6.45, 7) is 1.54. The van der Waals surface area contributed by atoms with Crippen LogP contribution in [0.5, 0.6) is 0 Å². The average Bonchev–Trinajstić information content (AvgIpc) is 2.90. The van der Waals surface area contributed by atoms with Gasteiger partial charge in [-0.1, -0.05) is 72.8 Å². The number of cyclic esters (lactones) is 1. The Morgan fingerprint density at radius 2 is 1.49 bits per heavy atom. The van der Waals surface area contributed by atoms with Crippen molar-refractivity contribution in [2.75, 3.05) is 18.0 Å². The van der Waals surface area contributed by atoms with Gasteiger partial charge in [-0.2, -0.15) is 0 Å². The van der Waals surface area contributed by atoms with E-state index in [-0.39, 0.29) is 12.1 Å². The summed E-state index contributed by atoms with van der Waals surface area (Å²) in [4.78, 5) is 28.9. The third-order valence-corrected chi connectivity index (χ3v) is 6.98. The third kappa shape index (κ3) is 4.65. The SMILES string of the molecule is NC(=O)C(c1ccc(C(O)c2ccccc2)cc1)N1CCC(N2C(=O)OCc3ccccc32)CC1. The van der Waals surface area contributed by atoms with E-state index in [2.05, 4.69) is 4.90 Å². The van der Waals surface area contributed by atoms with Crippen LogP contribution in [0.4, 0.5) is 10.5 Å². The molecule has 2 amide bonds. The molecule has 2 atom stereocenters. The molecule has 3 N–H and O–H groups in total. The van der Waals surface area contributed by atoms with Gasteiger partial charge in [0.05, 0.1) is 5.69 Å². The molecule has 2 unspecified atom stereocenters. The largest absolute Gasteiger partial charge is 0.444 e. The van der Waals surface area contributed by atoms with Gasteiger partial charge in [-0.25, -0.2) is 4.79 Å². The van der Waals surface area contributed by atoms with Crippen molar-refractivity contribution in [2.24, 2.45) is 5.73 Å². The zero-order valence-corrected chi connectivity index (χ0v) is 19.4. The van der Waals surface area contributed by atoms with Gasteiger partial charge in [-0.15, -0.1) is 0 Å². The Kier molecular flexibility index (Phi) is 6.53. The topological polar surface area (TPSA) is 96.1 Å². The van der Waals surface area contributed by atoms with Crippen LogP contribution >= 0.6 is 0 Å². The molecule has 0 saturated carbocycles. The lowest BCUT2D eigenvalue weighted by atomic mass is 9.95. The molecule has 5 rings (SSSR count). The number of primary amides is 1. The highest BCUT2D eigenvalue weighted by Crippen LogP contribution is 2.34. The number of fused-ring (bicyclic) bond motifs is 1. The molecule has 3 aromatic rings. The Hall–Kier alpha value is -3.68. The quantitative estimate of drug-likeness (QED) is 0.568. The Morgan fingerprint density at radius 3 is 2.17 bits per heavy atom. The first-order valence-corrected chi connectivity index (χ1v) is 11.9. The van der Waals surface area contributed by atoms with Crippen LogP contribution in [-0.4, -0.2) is 41.1 Å². The lowest BCUT2D eigenvalue weighted by Crippen LogP contribution is -2.51. The van der Waals surface area contributed by atoms with Gasteiger partial charge in [-0.05, 0) is 35.6 Å². The predicted molar refractivity (Wildman–Crippen MR) is 133 cm³/mol. The van der Waals surface area contributed by atoms with Crippen molar-refractivity contribution in [3.05, 3.63) is 101 Å². The molecule has 7 heteroatoms. The first-order chi connectivity index (χ1) is 17.0. The lowest BCUT2D eigenvalue weighted by molar-refractivity contribution is -0.124. The van der Waals surface area contributed by atoms with Crippen LogP contribution in [0.1, 0.15) is 47.2 Å². The molecule has 0 aliphatic carbocycles. The minimum Gasteiger partial charge on any atom is -0.444 e. The molecule has 0 radical (unpaired) electrons. The first-order valence-electron chi connectivity index (χ1n) is 11.9. The Balaban J connectivity index is 1.29. The molecule has 0 aromatic heterocycles. The van der Waals surface area contributed by atoms with E-state index in [0.717, 1.165) is 27.9 Å². The highest BCUT2D eigenvalue weighted by molar-refractivity contribution is 5.91. The second-order valence-electron chi connectivity index (χ2n) is 9.11. The highest BCUT2D eigenvalue weighted by atomic mass is 16.6. The van der Waals surface area contributed by atoms with E-state index in [4.69, 9.17) is 10.5 Å². The number of hydrogen-bond donors (Lipinski definition) is 2. The number of hydrogen-bond acceptors (Lipinski definition) is 5. The summed E-state index contributed by atoms with van der Waals surface area (Å²) in [6, 6.07) is 24.1. The Bertz CT molecular complexity index is 1190. The van der Waals surface area contributed by atoms with Gasteiger partial charge in [0.15, 0.2) is 0 Å². The average molecular weight is 472 g/mol. The number of para-hydroxylation sites is 1. The number of carbonyl (C=O) groups is 2. The standard InChI is InChI=1S/C28H29N3O4/c29-27(33)25(19-10-12-21(13-11-19)26(32)20-6-2-1-3-7-20)30-16-14-23(15-17-30)31-24-9-5-4-8-22(24)18-35-28(31)34/h1-13,23,25-26,32H,14-18H2,(H2,29,33). The number of ether oxygens (including phenoxy) is 1. The van der Waals surface area contributed by atoms with Gasteiger partial charge in [0, 0.05) is 24.7 Å². The second kappa shape index (κ2) is 9.90. The molecule has 2 aliphatic heterocycles. The molecule has 7 nitrogen and oxygen atoms in total. The molecule has 180 valence electrons. The number of benzene rings is 3. The Morgan fingerprint density at radius 1 is 0.886 bits per heavy atom. The van der Waals surface area contributed by atoms with E-state index in [9.17, 15) is 14.7 Å². The Labute approximate surface area is 204 Å². The number of nitrogens with two attached hydrogens (primary N) is 1. The smallest absolute Gasteiger partial charge is 0.414 e. The highest BCUT2D eigenvalue weighted by Gasteiger charge is 2.36. The molecule has 2 heterocycles. The fourth-order valence-corrected chi connectivity index (χ4v) is 5.17. The number of anilines is 1. The van der Waals surface area contributed by atoms with Crippen LogP contribution in [-0.2, 0) is 16.1 Å². The van der Waals surface area contributed by atoms with Gasteiger partial charge in [-0.3, -0.25) is 14.6 Å². The summed E-state index contributed by atoms with van der Waals surface area (Å²) in [6.07, 6.45) is 0.358. The van der Waals surface area contributed by atoms with Crippen LogP contribution in [0.3, 0.4) is 0 Å². The summed E-state index contributed by atoms with van der Waals surface area (Å²) in [5, 5.41) is 10.7. The number of rotatable bonds is 6. The van der Waals surface area contributed by atoms with E-state index in [0.29, 0.717) is 32.5 Å². The number of nitrogens with zero attached hydrogens (tertiary/aromatic N) is 2. The minimum atomic E-state index is -0.736. The summed E-state index contributed by atoms with van der Waals surface area (Å²) in [7, 11) is 0. The van der Waals surface area contributed by atoms with Crippen LogP contribution in [0, 0.1) is 0 Å². The third-order valence-electron chi connectivity index (χ3n) is 6.98. The number of aliphatic hydroxyl groups excluding tert-OH is 1. The second-order valence-corrected chi connectivity index (χ2v) is 9.11. The van der Waals surface area contributed by atoms with Gasteiger partial charge in [0.25, 0.3) is 0 Å². The monoisotopic (exact) mass is 471 g/mol. The van der Waals surface area contributed by atoms with Crippen molar-refractivity contribution in [1.29, 1.82) is 0 Å².